The minimum Gasteiger partial charge on any atom is -0.232 e. The topological polar surface area (TPSA) is 91.8 Å². The lowest BCUT2D eigenvalue weighted by molar-refractivity contribution is -0.689. The van der Waals surface area contributed by atoms with E-state index < -0.39 is 0 Å². The van der Waals surface area contributed by atoms with Crippen molar-refractivity contribution >= 4 is 11.7 Å². The molecule has 0 aliphatic carbocycles. The predicted molar refractivity (Wildman–Crippen MR) is 156 cm³/mol. The highest BCUT2D eigenvalue weighted by Gasteiger charge is 2.31. The fourth-order valence-electron chi connectivity index (χ4n) is 6.06. The third-order valence-electron chi connectivity index (χ3n) is 8.23. The molecule has 5 heterocycles. The average molecular weight is 549 g/mol. The van der Waals surface area contributed by atoms with Crippen LogP contribution in [0.1, 0.15) is 102 Å². The molecule has 40 heavy (non-hydrogen) atoms. The number of nitrogens with zero attached hydrogens (tertiary/aromatic N) is 10. The third kappa shape index (κ3) is 6.47. The first-order chi connectivity index (χ1) is 19.6. The smallest absolute Gasteiger partial charge is 0.232 e. The summed E-state index contributed by atoms with van der Waals surface area (Å²) in [6, 6.07) is 0. The Labute approximate surface area is 239 Å². The van der Waals surface area contributed by atoms with E-state index in [1.165, 1.54) is 74.1 Å². The maximum absolute atomic E-state index is 5.01. The van der Waals surface area contributed by atoms with Gasteiger partial charge in [-0.15, -0.1) is 10.2 Å². The van der Waals surface area contributed by atoms with E-state index in [9.17, 15) is 0 Å². The summed E-state index contributed by atoms with van der Waals surface area (Å²) < 4.78 is 9.49. The number of azo groups is 2. The maximum Gasteiger partial charge on any atom is 0.244 e. The molecule has 0 aromatic carbocycles. The highest BCUT2D eigenvalue weighted by Crippen LogP contribution is 2.20. The molecule has 0 radical (unpaired) electrons. The van der Waals surface area contributed by atoms with Crippen LogP contribution in [-0.4, -0.2) is 33.1 Å². The van der Waals surface area contributed by atoms with Gasteiger partial charge in [-0.2, -0.15) is 10.2 Å². The van der Waals surface area contributed by atoms with Crippen LogP contribution in [0.2, 0.25) is 0 Å². The Balaban J connectivity index is 1.55. The van der Waals surface area contributed by atoms with E-state index >= 15 is 0 Å². The molecule has 0 spiro atoms. The molecule has 2 atom stereocenters. The molecule has 0 fully saturated rings. The average Bonchev–Trinajstić information content (AvgIpc) is 3.72. The zero-order valence-corrected chi connectivity index (χ0v) is 25.1. The minimum atomic E-state index is -0.183. The summed E-state index contributed by atoms with van der Waals surface area (Å²) in [7, 11) is 0. The fraction of sp³-hybridized carbons (Fsp3) is 0.733. The van der Waals surface area contributed by atoms with Crippen molar-refractivity contribution in [3.05, 3.63) is 35.4 Å². The van der Waals surface area contributed by atoms with E-state index in [1.54, 1.807) is 0 Å². The molecule has 10 heteroatoms. The van der Waals surface area contributed by atoms with Crippen molar-refractivity contribution in [3.8, 4) is 0 Å². The van der Waals surface area contributed by atoms with Crippen molar-refractivity contribution in [3.63, 3.8) is 0 Å². The highest BCUT2D eigenvalue weighted by atomic mass is 15.4. The van der Waals surface area contributed by atoms with Gasteiger partial charge in [0.2, 0.25) is 12.7 Å². The molecule has 5 rings (SSSR count). The van der Waals surface area contributed by atoms with Crippen LogP contribution in [0.25, 0.3) is 0 Å². The van der Waals surface area contributed by atoms with Crippen molar-refractivity contribution in [1.82, 2.24) is 9.13 Å². The number of hydrogen-bond donors (Lipinski definition) is 0. The SMILES string of the molecule is CCCCc1c(CCCC)[n+]2cn1CC1N=NC(=N1)C[n+]1cn(c(CCCC)c1CCCC)CC1N=NC(=N1)C2. The van der Waals surface area contributed by atoms with Crippen molar-refractivity contribution in [2.75, 3.05) is 0 Å². The largest absolute Gasteiger partial charge is 0.244 e. The Morgan fingerprint density at radius 3 is 1.43 bits per heavy atom. The van der Waals surface area contributed by atoms with E-state index in [-0.39, 0.29) is 12.3 Å². The molecule has 10 nitrogen and oxygen atoms in total. The second kappa shape index (κ2) is 13.5. The molecule has 216 valence electrons. The zero-order chi connectivity index (χ0) is 27.9. The van der Waals surface area contributed by atoms with Crippen molar-refractivity contribution in [1.29, 1.82) is 0 Å². The predicted octanol–water partition coefficient (Wildman–Crippen LogP) is 5.33. The molecule has 0 saturated heterocycles. The number of aliphatic imine (C=N–C) groups is 2. The number of aromatic nitrogens is 4. The Morgan fingerprint density at radius 2 is 1.02 bits per heavy atom. The number of imidazole rings is 2. The van der Waals surface area contributed by atoms with Gasteiger partial charge in [0.1, 0.15) is 35.9 Å². The van der Waals surface area contributed by atoms with E-state index in [1.807, 2.05) is 0 Å². The fourth-order valence-corrected chi connectivity index (χ4v) is 6.06. The number of fused-ring (bicyclic) bond motifs is 6. The van der Waals surface area contributed by atoms with E-state index in [2.05, 4.69) is 79.1 Å². The van der Waals surface area contributed by atoms with Crippen LogP contribution in [0.3, 0.4) is 0 Å². The Morgan fingerprint density at radius 1 is 0.625 bits per heavy atom. The number of hydrogen-bond acceptors (Lipinski definition) is 6. The van der Waals surface area contributed by atoms with Gasteiger partial charge in [0, 0.05) is 25.7 Å². The Kier molecular flexibility index (Phi) is 9.65. The summed E-state index contributed by atoms with van der Waals surface area (Å²) in [5.41, 5.74) is 5.59. The van der Waals surface area contributed by atoms with Crippen LogP contribution in [0, 0.1) is 0 Å². The van der Waals surface area contributed by atoms with Gasteiger partial charge in [0.05, 0.1) is 0 Å². The lowest BCUT2D eigenvalue weighted by Crippen LogP contribution is -2.40. The summed E-state index contributed by atoms with van der Waals surface area (Å²) in [6.45, 7) is 11.8. The van der Waals surface area contributed by atoms with Crippen LogP contribution in [0.15, 0.2) is 43.1 Å². The Bertz CT molecular complexity index is 1180. The summed E-state index contributed by atoms with van der Waals surface area (Å²) >= 11 is 0. The summed E-state index contributed by atoms with van der Waals surface area (Å²) in [5.74, 6) is 1.64. The molecular weight excluding hydrogens is 500 g/mol. The van der Waals surface area contributed by atoms with Gasteiger partial charge < -0.3 is 0 Å². The summed E-state index contributed by atoms with van der Waals surface area (Å²) in [6.07, 6.45) is 17.7. The van der Waals surface area contributed by atoms with E-state index in [0.29, 0.717) is 26.2 Å². The first-order valence-electron chi connectivity index (χ1n) is 15.8. The van der Waals surface area contributed by atoms with Gasteiger partial charge in [0.25, 0.3) is 0 Å². The zero-order valence-electron chi connectivity index (χ0n) is 25.1. The minimum absolute atomic E-state index is 0.183. The van der Waals surface area contributed by atoms with Gasteiger partial charge in [-0.25, -0.2) is 28.3 Å². The standard InChI is InChI=1S/C30H48N10/c1-5-9-13-23-24(14-10-6-2)38-18-28-32-30(36-34-28)20-40-22-39(25(15-11-7-3)26(40)16-12-8-4)19-29-31-27(33-35-29)17-37(23)21-38/h21-22,27,30H,5-20H2,1-4H3/q+2. The number of rotatable bonds is 12. The summed E-state index contributed by atoms with van der Waals surface area (Å²) in [5, 5.41) is 18.4. The highest BCUT2D eigenvalue weighted by molar-refractivity contribution is 5.82. The molecule has 0 saturated carbocycles. The lowest BCUT2D eigenvalue weighted by atomic mass is 10.1. The molecule has 0 amide bonds. The van der Waals surface area contributed by atoms with Crippen LogP contribution in [0.5, 0.6) is 0 Å². The van der Waals surface area contributed by atoms with Crippen LogP contribution in [0.4, 0.5) is 0 Å². The normalized spacial score (nSPS) is 19.9. The molecule has 0 N–H and O–H groups in total. The lowest BCUT2D eigenvalue weighted by Gasteiger charge is -2.06. The molecule has 2 unspecified atom stereocenters. The first-order valence-corrected chi connectivity index (χ1v) is 15.8. The first kappa shape index (κ1) is 28.5. The maximum atomic E-state index is 5.01. The van der Waals surface area contributed by atoms with Crippen LogP contribution in [-0.2, 0) is 51.9 Å². The third-order valence-corrected chi connectivity index (χ3v) is 8.23. The number of amidine groups is 2. The second-order valence-corrected chi connectivity index (χ2v) is 11.5. The molecule has 2 aromatic rings. The van der Waals surface area contributed by atoms with Gasteiger partial charge in [-0.05, 0) is 25.7 Å². The van der Waals surface area contributed by atoms with Gasteiger partial charge in [-0.3, -0.25) is 0 Å². The molecule has 3 aliphatic heterocycles. The van der Waals surface area contributed by atoms with E-state index in [0.717, 1.165) is 37.4 Å². The van der Waals surface area contributed by atoms with Gasteiger partial charge >= 0.3 is 0 Å². The van der Waals surface area contributed by atoms with Gasteiger partial charge in [-0.1, -0.05) is 53.4 Å². The van der Waals surface area contributed by atoms with E-state index in [4.69, 9.17) is 9.98 Å². The second-order valence-electron chi connectivity index (χ2n) is 11.5. The monoisotopic (exact) mass is 548 g/mol. The molecule has 3 aliphatic rings. The van der Waals surface area contributed by atoms with Crippen molar-refractivity contribution in [2.45, 2.75) is 143 Å². The van der Waals surface area contributed by atoms with Crippen LogP contribution < -0.4 is 9.13 Å². The van der Waals surface area contributed by atoms with Crippen LogP contribution >= 0.6 is 0 Å². The Hall–Kier alpha value is -3.04. The summed E-state index contributed by atoms with van der Waals surface area (Å²) in [4.78, 5) is 10.0. The molecule has 8 bridgehead atoms. The molecular formula is C30H48N10+2. The van der Waals surface area contributed by atoms with Crippen molar-refractivity contribution in [2.24, 2.45) is 30.4 Å². The van der Waals surface area contributed by atoms with Gasteiger partial charge in [0.15, 0.2) is 37.1 Å². The quantitative estimate of drug-likeness (QED) is 0.321. The molecule has 2 aromatic heterocycles. The number of unbranched alkanes of at least 4 members (excludes halogenated alkanes) is 4. The van der Waals surface area contributed by atoms with Crippen molar-refractivity contribution < 1.29 is 9.13 Å².